The van der Waals surface area contributed by atoms with Gasteiger partial charge in [0.25, 0.3) is 0 Å². The number of carbonyl (C=O) groups excluding carboxylic acids is 1. The van der Waals surface area contributed by atoms with E-state index in [4.69, 9.17) is 21.8 Å². The molecule has 2 aromatic rings. The molecular formula is C19H18ClNO6. The van der Waals surface area contributed by atoms with Crippen molar-refractivity contribution in [2.75, 3.05) is 0 Å². The summed E-state index contributed by atoms with van der Waals surface area (Å²) in [5, 5.41) is 29.7. The zero-order valence-corrected chi connectivity index (χ0v) is 14.9. The summed E-state index contributed by atoms with van der Waals surface area (Å²) in [7, 11) is 0. The van der Waals surface area contributed by atoms with Crippen LogP contribution in [0.2, 0.25) is 5.02 Å². The average Bonchev–Trinajstić information content (AvgIpc) is 2.63. The van der Waals surface area contributed by atoms with Crippen LogP contribution >= 0.6 is 11.6 Å². The minimum atomic E-state index is -1.74. The van der Waals surface area contributed by atoms with E-state index in [1.54, 1.807) is 12.1 Å². The van der Waals surface area contributed by atoms with Gasteiger partial charge >= 0.3 is 17.8 Å². The van der Waals surface area contributed by atoms with E-state index in [1.165, 1.54) is 0 Å². The lowest BCUT2D eigenvalue weighted by Crippen LogP contribution is -2.43. The lowest BCUT2D eigenvalue weighted by molar-refractivity contribution is -0.151. The monoisotopic (exact) mass is 391 g/mol. The first kappa shape index (κ1) is 20.4. The van der Waals surface area contributed by atoms with Crippen LogP contribution in [0.5, 0.6) is 0 Å². The fourth-order valence-corrected chi connectivity index (χ4v) is 2.86. The van der Waals surface area contributed by atoms with Crippen LogP contribution < -0.4 is 5.32 Å². The molecule has 0 aliphatic rings. The molecule has 2 rings (SSSR count). The van der Waals surface area contributed by atoms with Crippen LogP contribution in [-0.4, -0.2) is 45.3 Å². The van der Waals surface area contributed by atoms with Gasteiger partial charge in [-0.25, -0.2) is 9.59 Å². The Hall–Kier alpha value is -2.90. The molecule has 0 aromatic heterocycles. The molecular weight excluding hydrogens is 374 g/mol. The number of nitrogens with one attached hydrogen (secondary N) is 1. The molecule has 0 spiro atoms. The van der Waals surface area contributed by atoms with Crippen LogP contribution in [0.4, 0.5) is 0 Å². The van der Waals surface area contributed by atoms with Crippen molar-refractivity contribution in [3.8, 4) is 11.1 Å². The minimum Gasteiger partial charge on any atom is -0.479 e. The normalized spacial score (nSPS) is 12.8. The largest absolute Gasteiger partial charge is 0.479 e. The quantitative estimate of drug-likeness (QED) is 0.535. The molecule has 4 N–H and O–H groups in total. The SMILES string of the molecule is O=C(O)C(=O)N[C@H](Cc1ccc(-c2ccccc2)cc1Cl)C[C@@H](O)C(=O)O. The van der Waals surface area contributed by atoms with Crippen molar-refractivity contribution in [1.29, 1.82) is 0 Å². The standard InChI is InChI=1S/C19H18ClNO6/c20-15-9-12(11-4-2-1-3-5-11)6-7-13(15)8-14(10-16(22)18(24)25)21-17(23)19(26)27/h1-7,9,14,16,22H,8,10H2,(H,21,23)(H,24,25)(H,26,27)/t14-,16-/m1/s1. The molecule has 0 fully saturated rings. The van der Waals surface area contributed by atoms with Crippen molar-refractivity contribution in [2.24, 2.45) is 0 Å². The molecule has 0 bridgehead atoms. The van der Waals surface area contributed by atoms with Gasteiger partial charge in [-0.3, -0.25) is 4.79 Å². The highest BCUT2D eigenvalue weighted by atomic mass is 35.5. The Morgan fingerprint density at radius 1 is 1.00 bits per heavy atom. The summed E-state index contributed by atoms with van der Waals surface area (Å²) in [6.45, 7) is 0. The molecule has 142 valence electrons. The highest BCUT2D eigenvalue weighted by Crippen LogP contribution is 2.26. The number of carboxylic acids is 2. The number of hydrogen-bond acceptors (Lipinski definition) is 4. The van der Waals surface area contributed by atoms with Crippen LogP contribution in [-0.2, 0) is 20.8 Å². The van der Waals surface area contributed by atoms with Gasteiger partial charge in [0.2, 0.25) is 0 Å². The predicted molar refractivity (Wildman–Crippen MR) is 98.4 cm³/mol. The van der Waals surface area contributed by atoms with Crippen molar-refractivity contribution in [1.82, 2.24) is 5.32 Å². The maximum atomic E-state index is 11.4. The van der Waals surface area contributed by atoms with Gasteiger partial charge < -0.3 is 20.6 Å². The molecule has 0 heterocycles. The number of amides is 1. The lowest BCUT2D eigenvalue weighted by atomic mass is 9.97. The summed E-state index contributed by atoms with van der Waals surface area (Å²) in [5.74, 6) is -4.44. The number of aliphatic carboxylic acids is 2. The van der Waals surface area contributed by atoms with E-state index in [0.717, 1.165) is 11.1 Å². The number of aliphatic hydroxyl groups is 1. The van der Waals surface area contributed by atoms with Crippen molar-refractivity contribution in [3.63, 3.8) is 0 Å². The van der Waals surface area contributed by atoms with E-state index < -0.39 is 30.0 Å². The summed E-state index contributed by atoms with van der Waals surface area (Å²) >= 11 is 6.31. The van der Waals surface area contributed by atoms with Crippen molar-refractivity contribution in [2.45, 2.75) is 25.0 Å². The smallest absolute Gasteiger partial charge is 0.394 e. The fraction of sp³-hybridized carbons (Fsp3) is 0.211. The Morgan fingerprint density at radius 2 is 1.67 bits per heavy atom. The number of rotatable bonds is 7. The second kappa shape index (κ2) is 9.16. The first-order valence-corrected chi connectivity index (χ1v) is 8.44. The Bertz CT molecular complexity index is 839. The number of aliphatic hydroxyl groups excluding tert-OH is 1. The van der Waals surface area contributed by atoms with Crippen LogP contribution in [0.3, 0.4) is 0 Å². The molecule has 0 saturated heterocycles. The first-order valence-electron chi connectivity index (χ1n) is 8.06. The second-order valence-electron chi connectivity index (χ2n) is 5.94. The predicted octanol–water partition coefficient (Wildman–Crippen LogP) is 1.95. The molecule has 0 radical (unpaired) electrons. The van der Waals surface area contributed by atoms with Crippen molar-refractivity contribution >= 4 is 29.4 Å². The van der Waals surface area contributed by atoms with Crippen LogP contribution in [0.25, 0.3) is 11.1 Å². The number of carbonyl (C=O) groups is 3. The topological polar surface area (TPSA) is 124 Å². The minimum absolute atomic E-state index is 0.0667. The average molecular weight is 392 g/mol. The van der Waals surface area contributed by atoms with E-state index in [0.29, 0.717) is 10.6 Å². The molecule has 7 nitrogen and oxygen atoms in total. The highest BCUT2D eigenvalue weighted by molar-refractivity contribution is 6.32. The van der Waals surface area contributed by atoms with Gasteiger partial charge in [-0.1, -0.05) is 54.1 Å². The molecule has 0 unspecified atom stereocenters. The van der Waals surface area contributed by atoms with Gasteiger partial charge in [0.15, 0.2) is 6.10 Å². The fourth-order valence-electron chi connectivity index (χ4n) is 2.60. The van der Waals surface area contributed by atoms with Gasteiger partial charge in [0.1, 0.15) is 0 Å². The third-order valence-corrected chi connectivity index (χ3v) is 4.30. The van der Waals surface area contributed by atoms with E-state index >= 15 is 0 Å². The Labute approximate surface area is 160 Å². The van der Waals surface area contributed by atoms with Crippen LogP contribution in [0.15, 0.2) is 48.5 Å². The molecule has 0 aliphatic heterocycles. The second-order valence-corrected chi connectivity index (χ2v) is 6.35. The Balaban J connectivity index is 2.21. The third-order valence-electron chi connectivity index (χ3n) is 3.95. The molecule has 0 saturated carbocycles. The van der Waals surface area contributed by atoms with Crippen LogP contribution in [0, 0.1) is 0 Å². The van der Waals surface area contributed by atoms with Gasteiger partial charge in [0, 0.05) is 17.5 Å². The number of halogens is 1. The number of carboxylic acid groups (broad SMARTS) is 2. The van der Waals surface area contributed by atoms with E-state index in [1.807, 2.05) is 36.4 Å². The molecule has 0 aliphatic carbocycles. The first-order chi connectivity index (χ1) is 12.8. The summed E-state index contributed by atoms with van der Waals surface area (Å²) in [5.41, 5.74) is 2.42. The van der Waals surface area contributed by atoms with Gasteiger partial charge in [0.05, 0.1) is 0 Å². The Morgan fingerprint density at radius 3 is 2.22 bits per heavy atom. The zero-order chi connectivity index (χ0) is 20.0. The van der Waals surface area contributed by atoms with Gasteiger partial charge in [-0.2, -0.15) is 0 Å². The van der Waals surface area contributed by atoms with Crippen molar-refractivity contribution in [3.05, 3.63) is 59.1 Å². The van der Waals surface area contributed by atoms with Gasteiger partial charge in [-0.05, 0) is 29.2 Å². The molecule has 8 heteroatoms. The van der Waals surface area contributed by atoms with Crippen LogP contribution in [0.1, 0.15) is 12.0 Å². The Kier molecular flexibility index (Phi) is 6.92. The summed E-state index contributed by atoms with van der Waals surface area (Å²) in [4.78, 5) is 33.1. The number of benzene rings is 2. The molecule has 1 amide bonds. The number of hydrogen-bond donors (Lipinski definition) is 4. The zero-order valence-electron chi connectivity index (χ0n) is 14.1. The summed E-state index contributed by atoms with van der Waals surface area (Å²) < 4.78 is 0. The highest BCUT2D eigenvalue weighted by Gasteiger charge is 2.24. The van der Waals surface area contributed by atoms with E-state index in [2.05, 4.69) is 5.32 Å². The lowest BCUT2D eigenvalue weighted by Gasteiger charge is -2.20. The van der Waals surface area contributed by atoms with Crippen molar-refractivity contribution < 1.29 is 29.7 Å². The summed E-state index contributed by atoms with van der Waals surface area (Å²) in [6, 6.07) is 13.9. The maximum absolute atomic E-state index is 11.4. The summed E-state index contributed by atoms with van der Waals surface area (Å²) in [6.07, 6.45) is -2.03. The molecule has 2 aromatic carbocycles. The van der Waals surface area contributed by atoms with E-state index in [9.17, 15) is 19.5 Å². The third kappa shape index (κ3) is 5.80. The maximum Gasteiger partial charge on any atom is 0.394 e. The van der Waals surface area contributed by atoms with Gasteiger partial charge in [-0.15, -0.1) is 0 Å². The molecule has 27 heavy (non-hydrogen) atoms. The van der Waals surface area contributed by atoms with E-state index in [-0.39, 0.29) is 12.8 Å². The molecule has 2 atom stereocenters.